The topological polar surface area (TPSA) is 44.1 Å². The molecule has 1 aromatic heterocycles. The zero-order chi connectivity index (χ0) is 17.9. The van der Waals surface area contributed by atoms with E-state index >= 15 is 0 Å². The third-order valence-corrected chi connectivity index (χ3v) is 3.83. The number of nitrogens with zero attached hydrogens (tertiary/aromatic N) is 2. The average Bonchev–Trinajstić information content (AvgIpc) is 2.50. The van der Waals surface area contributed by atoms with Crippen LogP contribution in [0, 0.1) is 0 Å². The first-order valence-electron chi connectivity index (χ1n) is 7.19. The van der Waals surface area contributed by atoms with Crippen molar-refractivity contribution in [3.8, 4) is 16.9 Å². The summed E-state index contributed by atoms with van der Waals surface area (Å²) < 4.78 is 43.6. The second kappa shape index (κ2) is 7.29. The molecule has 24 heavy (non-hydrogen) atoms. The summed E-state index contributed by atoms with van der Waals surface area (Å²) in [6, 6.07) is 7.29. The van der Waals surface area contributed by atoms with Gasteiger partial charge in [0.1, 0.15) is 6.54 Å². The minimum absolute atomic E-state index is 0.124. The molecule has 0 aliphatic carbocycles. The fourth-order valence-corrected chi connectivity index (χ4v) is 2.49. The predicted octanol–water partition coefficient (Wildman–Crippen LogP) is 3.98. The molecular weight excluding hydrogens is 341 g/mol. The number of thioether (sulfide) groups is 1. The normalized spacial score (nSPS) is 11.8. The number of benzene rings is 1. The molecule has 0 aliphatic heterocycles. The Hall–Kier alpha value is -1.96. The van der Waals surface area contributed by atoms with Gasteiger partial charge in [-0.05, 0) is 37.8 Å². The summed E-state index contributed by atoms with van der Waals surface area (Å²) in [7, 11) is 0. The molecule has 8 heteroatoms. The van der Waals surface area contributed by atoms with Crippen LogP contribution in [0.15, 0.2) is 40.2 Å². The first kappa shape index (κ1) is 18.4. The highest BCUT2D eigenvalue weighted by Gasteiger charge is 2.30. The minimum atomic E-state index is -4.53. The van der Waals surface area contributed by atoms with Gasteiger partial charge in [0.05, 0.1) is 12.3 Å². The molecule has 0 unspecified atom stereocenters. The zero-order valence-corrected chi connectivity index (χ0v) is 14.2. The molecule has 0 amide bonds. The summed E-state index contributed by atoms with van der Waals surface area (Å²) in [5.41, 5.74) is 0.138. The van der Waals surface area contributed by atoms with Crippen molar-refractivity contribution >= 4 is 11.8 Å². The van der Waals surface area contributed by atoms with E-state index < -0.39 is 18.3 Å². The first-order valence-corrected chi connectivity index (χ1v) is 8.41. The SMILES string of the molecule is CSc1ccc(-c2cnn(CC(F)(F)F)c(=O)c2OC(C)C)cc1. The van der Waals surface area contributed by atoms with Crippen LogP contribution in [-0.4, -0.2) is 28.3 Å². The molecule has 0 aliphatic rings. The van der Waals surface area contributed by atoms with Crippen LogP contribution in [-0.2, 0) is 6.54 Å². The Balaban J connectivity index is 2.54. The van der Waals surface area contributed by atoms with Crippen molar-refractivity contribution in [3.05, 3.63) is 40.8 Å². The number of halogens is 3. The molecule has 1 heterocycles. The van der Waals surface area contributed by atoms with Crippen molar-refractivity contribution < 1.29 is 17.9 Å². The summed E-state index contributed by atoms with van der Waals surface area (Å²) in [5.74, 6) is -0.124. The molecule has 0 fully saturated rings. The highest BCUT2D eigenvalue weighted by Crippen LogP contribution is 2.29. The lowest BCUT2D eigenvalue weighted by Gasteiger charge is -2.16. The number of alkyl halides is 3. The molecule has 0 radical (unpaired) electrons. The van der Waals surface area contributed by atoms with Crippen LogP contribution in [0.2, 0.25) is 0 Å². The molecular formula is C16H17F3N2O2S. The maximum absolute atomic E-state index is 12.6. The maximum Gasteiger partial charge on any atom is 0.408 e. The molecule has 0 saturated heterocycles. The van der Waals surface area contributed by atoms with Crippen molar-refractivity contribution in [1.82, 2.24) is 9.78 Å². The van der Waals surface area contributed by atoms with Gasteiger partial charge in [0, 0.05) is 10.5 Å². The van der Waals surface area contributed by atoms with Gasteiger partial charge in [-0.2, -0.15) is 18.3 Å². The third kappa shape index (κ3) is 4.53. The largest absolute Gasteiger partial charge is 0.485 e. The van der Waals surface area contributed by atoms with Gasteiger partial charge in [0.15, 0.2) is 5.75 Å². The molecule has 0 spiro atoms. The van der Waals surface area contributed by atoms with Crippen LogP contribution in [0.25, 0.3) is 11.1 Å². The lowest BCUT2D eigenvalue weighted by Crippen LogP contribution is -2.32. The van der Waals surface area contributed by atoms with E-state index in [0.717, 1.165) is 4.90 Å². The molecule has 0 bridgehead atoms. The van der Waals surface area contributed by atoms with Gasteiger partial charge >= 0.3 is 11.7 Å². The molecule has 2 aromatic rings. The van der Waals surface area contributed by atoms with Crippen LogP contribution in [0.3, 0.4) is 0 Å². The number of rotatable bonds is 5. The van der Waals surface area contributed by atoms with Gasteiger partial charge in [0.2, 0.25) is 0 Å². The highest BCUT2D eigenvalue weighted by atomic mass is 32.2. The quantitative estimate of drug-likeness (QED) is 0.759. The Labute approximate surface area is 141 Å². The fourth-order valence-electron chi connectivity index (χ4n) is 2.08. The second-order valence-electron chi connectivity index (χ2n) is 5.36. The van der Waals surface area contributed by atoms with E-state index in [-0.39, 0.29) is 11.9 Å². The second-order valence-corrected chi connectivity index (χ2v) is 6.24. The summed E-state index contributed by atoms with van der Waals surface area (Å²) in [6.07, 6.45) is -1.72. The Morgan fingerprint density at radius 1 is 1.25 bits per heavy atom. The van der Waals surface area contributed by atoms with Gasteiger partial charge in [-0.25, -0.2) is 4.68 Å². The van der Waals surface area contributed by atoms with Crippen molar-refractivity contribution in [1.29, 1.82) is 0 Å². The standard InChI is InChI=1S/C16H17F3N2O2S/c1-10(2)23-14-13(11-4-6-12(24-3)7-5-11)8-20-21(15(14)22)9-16(17,18)19/h4-8,10H,9H2,1-3H3. The van der Waals surface area contributed by atoms with Gasteiger partial charge in [-0.1, -0.05) is 12.1 Å². The van der Waals surface area contributed by atoms with E-state index in [0.29, 0.717) is 15.8 Å². The fraction of sp³-hybridized carbons (Fsp3) is 0.375. The summed E-state index contributed by atoms with van der Waals surface area (Å²) in [6.45, 7) is 1.95. The molecule has 0 saturated carbocycles. The summed E-state index contributed by atoms with van der Waals surface area (Å²) >= 11 is 1.56. The van der Waals surface area contributed by atoms with E-state index in [1.54, 1.807) is 37.7 Å². The minimum Gasteiger partial charge on any atom is -0.485 e. The van der Waals surface area contributed by atoms with Crippen LogP contribution >= 0.6 is 11.8 Å². The highest BCUT2D eigenvalue weighted by molar-refractivity contribution is 7.98. The average molecular weight is 358 g/mol. The van der Waals surface area contributed by atoms with Crippen LogP contribution < -0.4 is 10.3 Å². The van der Waals surface area contributed by atoms with Crippen molar-refractivity contribution in [3.63, 3.8) is 0 Å². The van der Waals surface area contributed by atoms with Crippen molar-refractivity contribution in [2.24, 2.45) is 0 Å². The molecule has 2 rings (SSSR count). The van der Waals surface area contributed by atoms with Crippen molar-refractivity contribution in [2.75, 3.05) is 6.26 Å². The Bertz CT molecular complexity index is 755. The van der Waals surface area contributed by atoms with Gasteiger partial charge < -0.3 is 4.74 Å². The molecule has 0 atom stereocenters. The molecule has 4 nitrogen and oxygen atoms in total. The van der Waals surface area contributed by atoms with E-state index in [2.05, 4.69) is 5.10 Å². The van der Waals surface area contributed by atoms with Gasteiger partial charge in [0.25, 0.3) is 0 Å². The van der Waals surface area contributed by atoms with E-state index in [9.17, 15) is 18.0 Å². The zero-order valence-electron chi connectivity index (χ0n) is 13.4. The van der Waals surface area contributed by atoms with Crippen LogP contribution in [0.1, 0.15) is 13.8 Å². The number of hydrogen-bond donors (Lipinski definition) is 0. The van der Waals surface area contributed by atoms with E-state index in [4.69, 9.17) is 4.74 Å². The number of aromatic nitrogens is 2. The van der Waals surface area contributed by atoms with E-state index in [1.807, 2.05) is 18.4 Å². The lowest BCUT2D eigenvalue weighted by atomic mass is 10.1. The Morgan fingerprint density at radius 3 is 2.38 bits per heavy atom. The molecule has 1 aromatic carbocycles. The van der Waals surface area contributed by atoms with Crippen LogP contribution in [0.4, 0.5) is 13.2 Å². The molecule has 130 valence electrons. The summed E-state index contributed by atoms with van der Waals surface area (Å²) in [4.78, 5) is 13.4. The van der Waals surface area contributed by atoms with E-state index in [1.165, 1.54) is 6.20 Å². The molecule has 0 N–H and O–H groups in total. The van der Waals surface area contributed by atoms with Gasteiger partial charge in [-0.3, -0.25) is 4.79 Å². The number of ether oxygens (including phenoxy) is 1. The lowest BCUT2D eigenvalue weighted by molar-refractivity contribution is -0.143. The maximum atomic E-state index is 12.6. The Kier molecular flexibility index (Phi) is 5.58. The van der Waals surface area contributed by atoms with Crippen LogP contribution in [0.5, 0.6) is 5.75 Å². The monoisotopic (exact) mass is 358 g/mol. The van der Waals surface area contributed by atoms with Gasteiger partial charge in [-0.15, -0.1) is 11.8 Å². The predicted molar refractivity (Wildman–Crippen MR) is 87.5 cm³/mol. The smallest absolute Gasteiger partial charge is 0.408 e. The number of hydrogen-bond acceptors (Lipinski definition) is 4. The van der Waals surface area contributed by atoms with Crippen molar-refractivity contribution in [2.45, 2.75) is 37.6 Å². The summed E-state index contributed by atoms with van der Waals surface area (Å²) in [5, 5.41) is 3.65. The Morgan fingerprint density at radius 2 is 1.88 bits per heavy atom. The first-order chi connectivity index (χ1) is 11.2. The third-order valence-electron chi connectivity index (χ3n) is 3.08.